The molecule has 23 heteroatoms. The summed E-state index contributed by atoms with van der Waals surface area (Å²) in [5.41, 5.74) is -0.256. The zero-order valence-electron chi connectivity index (χ0n) is 39.2. The molecule has 0 saturated carbocycles. The minimum absolute atomic E-state index is 0.00303. The van der Waals surface area contributed by atoms with E-state index in [1.165, 1.54) is 45.0 Å². The van der Waals surface area contributed by atoms with Gasteiger partial charge >= 0.3 is 0 Å². The Kier molecular flexibility index (Phi) is 14.4. The van der Waals surface area contributed by atoms with Gasteiger partial charge in [0.2, 0.25) is 23.4 Å². The number of nitrogens with one attached hydrogen (secondary N) is 2. The molecule has 0 aromatic heterocycles. The minimum Gasteiger partial charge on any atom is -0.488 e. The van der Waals surface area contributed by atoms with Crippen LogP contribution in [0.1, 0.15) is 79.8 Å². The van der Waals surface area contributed by atoms with Crippen LogP contribution < -0.4 is 20.1 Å². The Bertz CT molecular complexity index is 2850. The molecule has 6 heterocycles. The van der Waals surface area contributed by atoms with Crippen molar-refractivity contribution in [3.05, 3.63) is 129 Å². The average molecular weight is 1010 g/mol. The topological polar surface area (TPSA) is 278 Å². The van der Waals surface area contributed by atoms with E-state index in [1.54, 1.807) is 30.3 Å². The zero-order chi connectivity index (χ0) is 51.8. The third-order valence-electron chi connectivity index (χ3n) is 13.8. The lowest BCUT2D eigenvalue weighted by Gasteiger charge is -2.37. The number of imide groups is 2. The van der Waals surface area contributed by atoms with E-state index in [9.17, 15) is 63.1 Å². The molecule has 7 N–H and O–H groups in total. The number of carbonyl (C=O) groups excluding carboxylic acids is 6. The van der Waals surface area contributed by atoms with Crippen molar-refractivity contribution >= 4 is 35.4 Å². The number of fused-ring (bicyclic) bond motifs is 2. The number of hydrogen-bond donors (Lipinski definition) is 7. The predicted octanol–water partition coefficient (Wildman–Crippen LogP) is 0.506. The van der Waals surface area contributed by atoms with E-state index < -0.39 is 58.9 Å². The lowest BCUT2D eigenvalue weighted by atomic mass is 10.00. The summed E-state index contributed by atoms with van der Waals surface area (Å²) in [5.74, 6) is -8.68. The van der Waals surface area contributed by atoms with E-state index >= 15 is 0 Å². The van der Waals surface area contributed by atoms with Gasteiger partial charge in [-0.05, 0) is 42.8 Å². The third-order valence-corrected chi connectivity index (χ3v) is 13.8. The SMILES string of the molecule is O=C1CCC(N2Cc3c(OCc4ccc(C(O)(O)N5CCOCC5)cc4F)cccc3C2=O)C(=O)N1.O=C1CCC(O)(N2Cc3c(OCc4ccc(C(O)(O)N5CCOCC5)cc4F)cccc3C2=O)C(=O)N1. The van der Waals surface area contributed by atoms with Gasteiger partial charge in [-0.3, -0.25) is 44.3 Å². The Hall–Kier alpha value is -6.80. The molecule has 4 saturated heterocycles. The number of benzene rings is 4. The lowest BCUT2D eigenvalue weighted by molar-refractivity contribution is -0.287. The molecular weight excluding hydrogens is 963 g/mol. The van der Waals surface area contributed by atoms with E-state index in [1.807, 2.05) is 0 Å². The first-order valence-corrected chi connectivity index (χ1v) is 23.5. The first kappa shape index (κ1) is 51.1. The maximum atomic E-state index is 14.9. The Labute approximate surface area is 415 Å². The molecule has 0 aliphatic carbocycles. The van der Waals surface area contributed by atoms with Crippen molar-refractivity contribution in [2.75, 3.05) is 52.6 Å². The number of amides is 6. The molecule has 0 spiro atoms. The summed E-state index contributed by atoms with van der Waals surface area (Å²) < 4.78 is 51.9. The van der Waals surface area contributed by atoms with Gasteiger partial charge < -0.3 is 49.4 Å². The van der Waals surface area contributed by atoms with Gasteiger partial charge in [0, 0.05) is 89.9 Å². The number of aliphatic hydroxyl groups is 5. The van der Waals surface area contributed by atoms with Gasteiger partial charge in [0.1, 0.15) is 42.4 Å². The van der Waals surface area contributed by atoms with E-state index in [2.05, 4.69) is 10.6 Å². The standard InChI is InChI=1S/C25H26FN3O8.C25H26FN3O7/c26-19-12-16(25(34,35)28-8-10-36-11-9-28)5-4-15(19)14-37-20-3-1-2-17-18(20)13-29(22(17)31)24(33)7-6-21(30)27-23(24)32;26-19-12-16(25(33,34)28-8-10-35-11-9-28)5-4-15(19)14-36-21-3-1-2-17-18(21)13-29(24(17)32)20-6-7-22(30)27-23(20)31/h1-5,12,33-35H,6-11,13-14H2,(H,27,30,32);1-5,12,20,33-34H,6-11,13-14H2,(H,27,30,31). The molecule has 4 fully saturated rings. The van der Waals surface area contributed by atoms with Crippen molar-refractivity contribution in [2.45, 2.75) is 75.6 Å². The summed E-state index contributed by atoms with van der Waals surface area (Å²) in [4.78, 5) is 78.7. The van der Waals surface area contributed by atoms with Crippen LogP contribution in [0, 0.1) is 11.6 Å². The summed E-state index contributed by atoms with van der Waals surface area (Å²) in [6.07, 6.45) is 0.0613. The first-order chi connectivity index (χ1) is 34.9. The number of nitrogens with zero attached hydrogens (tertiary/aromatic N) is 4. The molecule has 2 unspecified atom stereocenters. The van der Waals surface area contributed by atoms with Crippen LogP contribution in [0.2, 0.25) is 0 Å². The van der Waals surface area contributed by atoms with E-state index in [4.69, 9.17) is 18.9 Å². The van der Waals surface area contributed by atoms with Crippen LogP contribution in [0.3, 0.4) is 0 Å². The molecule has 386 valence electrons. The van der Waals surface area contributed by atoms with Crippen LogP contribution in [0.5, 0.6) is 11.5 Å². The molecule has 6 aliphatic heterocycles. The fourth-order valence-electron chi connectivity index (χ4n) is 9.55. The molecule has 0 bridgehead atoms. The number of hydrogen-bond acceptors (Lipinski definition) is 17. The number of ether oxygens (including phenoxy) is 4. The third kappa shape index (κ3) is 10.1. The van der Waals surface area contributed by atoms with Gasteiger partial charge in [0.05, 0.1) is 39.5 Å². The van der Waals surface area contributed by atoms with Crippen molar-refractivity contribution in [3.63, 3.8) is 0 Å². The Morgan fingerprint density at radius 1 is 0.644 bits per heavy atom. The summed E-state index contributed by atoms with van der Waals surface area (Å²) in [6.45, 7) is 2.13. The van der Waals surface area contributed by atoms with E-state index in [0.29, 0.717) is 62.0 Å². The second kappa shape index (κ2) is 20.6. The second-order valence-electron chi connectivity index (χ2n) is 18.2. The number of rotatable bonds is 12. The van der Waals surface area contributed by atoms with Crippen LogP contribution in [0.15, 0.2) is 72.8 Å². The summed E-state index contributed by atoms with van der Waals surface area (Å²) in [6, 6.07) is 16.6. The number of morpholine rings is 2. The molecule has 4 aromatic carbocycles. The number of halogens is 2. The van der Waals surface area contributed by atoms with Crippen molar-refractivity contribution in [3.8, 4) is 11.5 Å². The van der Waals surface area contributed by atoms with Crippen LogP contribution >= 0.6 is 0 Å². The Morgan fingerprint density at radius 2 is 1.14 bits per heavy atom. The highest BCUT2D eigenvalue weighted by Crippen LogP contribution is 2.38. The lowest BCUT2D eigenvalue weighted by Crippen LogP contribution is -2.63. The molecule has 4 aromatic rings. The quantitative estimate of drug-likeness (QED) is 0.0752. The molecule has 6 amide bonds. The van der Waals surface area contributed by atoms with Gasteiger partial charge in [-0.1, -0.05) is 36.4 Å². The zero-order valence-corrected chi connectivity index (χ0v) is 39.2. The number of piperidine rings is 2. The van der Waals surface area contributed by atoms with Crippen LogP contribution in [-0.2, 0) is 66.8 Å². The highest BCUT2D eigenvalue weighted by Gasteiger charge is 2.51. The second-order valence-corrected chi connectivity index (χ2v) is 18.2. The van der Waals surface area contributed by atoms with Crippen LogP contribution in [-0.4, -0.2) is 145 Å². The van der Waals surface area contributed by atoms with Crippen LogP contribution in [0.4, 0.5) is 8.78 Å². The predicted molar refractivity (Wildman–Crippen MR) is 245 cm³/mol. The fraction of sp³-hybridized carbons (Fsp3) is 0.400. The molecule has 10 rings (SSSR count). The van der Waals surface area contributed by atoms with Crippen molar-refractivity contribution in [1.82, 2.24) is 30.2 Å². The summed E-state index contributed by atoms with van der Waals surface area (Å²) >= 11 is 0. The average Bonchev–Trinajstić information content (AvgIpc) is 3.91. The van der Waals surface area contributed by atoms with Crippen molar-refractivity contribution in [2.24, 2.45) is 0 Å². The van der Waals surface area contributed by atoms with Gasteiger partial charge in [0.15, 0.2) is 0 Å². The maximum Gasteiger partial charge on any atom is 0.279 e. The highest BCUT2D eigenvalue weighted by atomic mass is 19.1. The highest BCUT2D eigenvalue weighted by molar-refractivity contribution is 6.07. The monoisotopic (exact) mass is 1010 g/mol. The van der Waals surface area contributed by atoms with Crippen LogP contribution in [0.25, 0.3) is 0 Å². The molecule has 73 heavy (non-hydrogen) atoms. The summed E-state index contributed by atoms with van der Waals surface area (Å²) in [5, 5.41) is 57.5. The molecule has 6 aliphatic rings. The largest absolute Gasteiger partial charge is 0.488 e. The molecule has 2 atom stereocenters. The number of carbonyl (C=O) groups is 6. The smallest absolute Gasteiger partial charge is 0.279 e. The molecule has 21 nitrogen and oxygen atoms in total. The van der Waals surface area contributed by atoms with Gasteiger partial charge in [0.25, 0.3) is 29.5 Å². The minimum atomic E-state index is -2.36. The first-order valence-electron chi connectivity index (χ1n) is 23.5. The molecule has 0 radical (unpaired) electrons. The molecular formula is C50H52F2N6O15. The van der Waals surface area contributed by atoms with E-state index in [-0.39, 0.29) is 110 Å². The van der Waals surface area contributed by atoms with Gasteiger partial charge in [-0.2, -0.15) is 0 Å². The Morgan fingerprint density at radius 3 is 1.63 bits per heavy atom. The summed E-state index contributed by atoms with van der Waals surface area (Å²) in [7, 11) is 0. The fourth-order valence-corrected chi connectivity index (χ4v) is 9.55. The van der Waals surface area contributed by atoms with Crippen molar-refractivity contribution in [1.29, 1.82) is 0 Å². The van der Waals surface area contributed by atoms with Crippen molar-refractivity contribution < 1.29 is 82.0 Å². The van der Waals surface area contributed by atoms with Gasteiger partial charge in [-0.25, -0.2) is 18.6 Å². The normalized spacial score (nSPS) is 21.8. The maximum absolute atomic E-state index is 14.9. The van der Waals surface area contributed by atoms with E-state index in [0.717, 1.165) is 17.0 Å². The van der Waals surface area contributed by atoms with Gasteiger partial charge in [-0.15, -0.1) is 0 Å². The Balaban J connectivity index is 0.000000180.